The van der Waals surface area contributed by atoms with Gasteiger partial charge in [0.25, 0.3) is 0 Å². The topological polar surface area (TPSA) is 54.0 Å². The lowest BCUT2D eigenvalue weighted by molar-refractivity contribution is -0.115. The van der Waals surface area contributed by atoms with E-state index in [9.17, 15) is 4.79 Å². The minimum absolute atomic E-state index is 0.000343. The molecule has 1 heterocycles. The van der Waals surface area contributed by atoms with Gasteiger partial charge in [0.2, 0.25) is 5.91 Å². The molecule has 0 aliphatic rings. The van der Waals surface area contributed by atoms with E-state index >= 15 is 0 Å². The molecule has 4 nitrogen and oxygen atoms in total. The Labute approximate surface area is 125 Å². The van der Waals surface area contributed by atoms with Crippen molar-refractivity contribution in [2.45, 2.75) is 26.2 Å². The van der Waals surface area contributed by atoms with Crippen molar-refractivity contribution < 1.29 is 4.79 Å². The van der Waals surface area contributed by atoms with Crippen molar-refractivity contribution in [3.63, 3.8) is 0 Å². The first-order valence-electron chi connectivity index (χ1n) is 7.31. The summed E-state index contributed by atoms with van der Waals surface area (Å²) in [6.45, 7) is 2.70. The third-order valence-corrected chi connectivity index (χ3v) is 3.16. The monoisotopic (exact) mass is 283 g/mol. The van der Waals surface area contributed by atoms with Crippen LogP contribution in [0.5, 0.6) is 0 Å². The van der Waals surface area contributed by atoms with E-state index in [0.717, 1.165) is 30.9 Å². The Morgan fingerprint density at radius 3 is 2.62 bits per heavy atom. The van der Waals surface area contributed by atoms with E-state index in [1.165, 1.54) is 5.56 Å². The molecule has 1 amide bonds. The average Bonchev–Trinajstić information content (AvgIpc) is 2.54. The largest absolute Gasteiger partial charge is 0.370 e. The lowest BCUT2D eigenvalue weighted by atomic mass is 10.1. The number of aryl methyl sites for hydroxylation is 1. The molecule has 0 saturated carbocycles. The van der Waals surface area contributed by atoms with Gasteiger partial charge in [0, 0.05) is 13.0 Å². The number of rotatable bonds is 7. The number of anilines is 2. The fourth-order valence-electron chi connectivity index (χ4n) is 1.98. The summed E-state index contributed by atoms with van der Waals surface area (Å²) in [4.78, 5) is 15.5. The highest BCUT2D eigenvalue weighted by Crippen LogP contribution is 2.10. The van der Waals surface area contributed by atoms with Crippen LogP contribution in [0.15, 0.2) is 48.7 Å². The molecule has 1 aromatic heterocycles. The van der Waals surface area contributed by atoms with E-state index in [-0.39, 0.29) is 5.91 Å². The molecular weight excluding hydrogens is 262 g/mol. The van der Waals surface area contributed by atoms with E-state index in [1.807, 2.05) is 25.1 Å². The molecule has 0 aliphatic carbocycles. The molecule has 0 bridgehead atoms. The van der Waals surface area contributed by atoms with Gasteiger partial charge in [0.05, 0.1) is 11.9 Å². The number of nitrogens with zero attached hydrogens (tertiary/aromatic N) is 1. The molecule has 4 heteroatoms. The van der Waals surface area contributed by atoms with Gasteiger partial charge in [-0.2, -0.15) is 0 Å². The Bertz CT molecular complexity index is 552. The van der Waals surface area contributed by atoms with Crippen LogP contribution >= 0.6 is 0 Å². The quantitative estimate of drug-likeness (QED) is 0.765. The zero-order valence-electron chi connectivity index (χ0n) is 12.3. The maximum Gasteiger partial charge on any atom is 0.224 e. The number of nitrogens with one attached hydrogen (secondary N) is 2. The third-order valence-electron chi connectivity index (χ3n) is 3.16. The van der Waals surface area contributed by atoms with Gasteiger partial charge in [-0.3, -0.25) is 4.79 Å². The molecule has 0 aliphatic heterocycles. The summed E-state index contributed by atoms with van der Waals surface area (Å²) >= 11 is 0. The predicted molar refractivity (Wildman–Crippen MR) is 86.4 cm³/mol. The summed E-state index contributed by atoms with van der Waals surface area (Å²) in [6.07, 6.45) is 4.26. The smallest absolute Gasteiger partial charge is 0.224 e. The Morgan fingerprint density at radius 1 is 1.14 bits per heavy atom. The van der Waals surface area contributed by atoms with Crippen LogP contribution in [-0.4, -0.2) is 17.4 Å². The first kappa shape index (κ1) is 15.0. The van der Waals surface area contributed by atoms with Crippen LogP contribution in [0.4, 0.5) is 11.5 Å². The van der Waals surface area contributed by atoms with Crippen molar-refractivity contribution >= 4 is 17.4 Å². The highest BCUT2D eigenvalue weighted by molar-refractivity contribution is 5.90. The Balaban J connectivity index is 1.72. The number of hydrogen-bond acceptors (Lipinski definition) is 3. The van der Waals surface area contributed by atoms with Gasteiger partial charge in [-0.15, -0.1) is 0 Å². The molecule has 0 unspecified atom stereocenters. The summed E-state index contributed by atoms with van der Waals surface area (Å²) in [7, 11) is 0. The normalized spacial score (nSPS) is 10.1. The fraction of sp³-hybridized carbons (Fsp3) is 0.294. The number of amides is 1. The van der Waals surface area contributed by atoms with Crippen molar-refractivity contribution in [2.24, 2.45) is 0 Å². The second-order valence-corrected chi connectivity index (χ2v) is 4.85. The second kappa shape index (κ2) is 8.04. The number of aromatic nitrogens is 1. The van der Waals surface area contributed by atoms with Crippen molar-refractivity contribution in [3.05, 3.63) is 54.2 Å². The van der Waals surface area contributed by atoms with Gasteiger partial charge in [-0.05, 0) is 30.5 Å². The van der Waals surface area contributed by atoms with Crippen molar-refractivity contribution in [3.8, 4) is 0 Å². The van der Waals surface area contributed by atoms with Crippen LogP contribution in [0.25, 0.3) is 0 Å². The maximum atomic E-state index is 11.3. The number of carbonyl (C=O) groups excluding carboxylic acids is 1. The lowest BCUT2D eigenvalue weighted by Gasteiger charge is -2.07. The summed E-state index contributed by atoms with van der Waals surface area (Å²) in [5, 5.41) is 6.06. The van der Waals surface area contributed by atoms with Crippen LogP contribution in [0, 0.1) is 0 Å². The molecule has 0 atom stereocenters. The van der Waals surface area contributed by atoms with E-state index in [0.29, 0.717) is 6.42 Å². The summed E-state index contributed by atoms with van der Waals surface area (Å²) < 4.78 is 0. The Morgan fingerprint density at radius 2 is 1.95 bits per heavy atom. The summed E-state index contributed by atoms with van der Waals surface area (Å²) in [5.74, 6) is 0.831. The summed E-state index contributed by atoms with van der Waals surface area (Å²) in [5.41, 5.74) is 2.08. The van der Waals surface area contributed by atoms with Gasteiger partial charge >= 0.3 is 0 Å². The van der Waals surface area contributed by atoms with Crippen LogP contribution in [0.1, 0.15) is 25.3 Å². The fourth-order valence-corrected chi connectivity index (χ4v) is 1.98. The molecule has 0 saturated heterocycles. The van der Waals surface area contributed by atoms with Crippen LogP contribution in [0.2, 0.25) is 0 Å². The van der Waals surface area contributed by atoms with Crippen molar-refractivity contribution in [1.29, 1.82) is 0 Å². The zero-order valence-corrected chi connectivity index (χ0v) is 12.3. The highest BCUT2D eigenvalue weighted by atomic mass is 16.1. The Hall–Kier alpha value is -2.36. The second-order valence-electron chi connectivity index (χ2n) is 4.85. The molecule has 0 fully saturated rings. The molecule has 2 aromatic rings. The van der Waals surface area contributed by atoms with Crippen LogP contribution < -0.4 is 10.6 Å². The molecule has 0 spiro atoms. The molecule has 2 N–H and O–H groups in total. The molecule has 2 rings (SSSR count). The standard InChI is InChI=1S/C17H21N3O/c1-2-17(21)20-15-10-11-16(19-13-15)18-12-6-9-14-7-4-3-5-8-14/h3-5,7-8,10-11,13H,2,6,9,12H2,1H3,(H,18,19)(H,20,21). The van der Waals surface area contributed by atoms with E-state index in [1.54, 1.807) is 6.20 Å². The molecule has 1 aromatic carbocycles. The van der Waals surface area contributed by atoms with Gasteiger partial charge in [-0.1, -0.05) is 37.3 Å². The minimum Gasteiger partial charge on any atom is -0.370 e. The lowest BCUT2D eigenvalue weighted by Crippen LogP contribution is -2.10. The predicted octanol–water partition coefficient (Wildman–Crippen LogP) is 3.47. The minimum atomic E-state index is 0.000343. The number of pyridine rings is 1. The van der Waals surface area contributed by atoms with Gasteiger partial charge in [0.15, 0.2) is 0 Å². The molecule has 21 heavy (non-hydrogen) atoms. The first-order valence-corrected chi connectivity index (χ1v) is 7.31. The number of benzene rings is 1. The Kier molecular flexibility index (Phi) is 5.76. The van der Waals surface area contributed by atoms with Crippen molar-refractivity contribution in [2.75, 3.05) is 17.2 Å². The van der Waals surface area contributed by atoms with E-state index in [2.05, 4.69) is 39.9 Å². The average molecular weight is 283 g/mol. The number of carbonyl (C=O) groups is 1. The molecular formula is C17H21N3O. The van der Waals surface area contributed by atoms with E-state index in [4.69, 9.17) is 0 Å². The third kappa shape index (κ3) is 5.26. The summed E-state index contributed by atoms with van der Waals surface area (Å²) in [6, 6.07) is 14.2. The first-order chi connectivity index (χ1) is 10.3. The van der Waals surface area contributed by atoms with Gasteiger partial charge < -0.3 is 10.6 Å². The highest BCUT2D eigenvalue weighted by Gasteiger charge is 2.00. The van der Waals surface area contributed by atoms with Crippen molar-refractivity contribution in [1.82, 2.24) is 4.98 Å². The van der Waals surface area contributed by atoms with Crippen LogP contribution in [-0.2, 0) is 11.2 Å². The maximum absolute atomic E-state index is 11.3. The van der Waals surface area contributed by atoms with Crippen LogP contribution in [0.3, 0.4) is 0 Å². The molecule has 0 radical (unpaired) electrons. The van der Waals surface area contributed by atoms with E-state index < -0.39 is 0 Å². The number of hydrogen-bond donors (Lipinski definition) is 2. The van der Waals surface area contributed by atoms with Gasteiger partial charge in [-0.25, -0.2) is 4.98 Å². The van der Waals surface area contributed by atoms with Gasteiger partial charge in [0.1, 0.15) is 5.82 Å². The zero-order chi connectivity index (χ0) is 14.9. The molecule has 110 valence electrons. The SMILES string of the molecule is CCC(=O)Nc1ccc(NCCCc2ccccc2)nc1.